The highest BCUT2D eigenvalue weighted by Gasteiger charge is 2.12. The first kappa shape index (κ1) is 15.1. The van der Waals surface area contributed by atoms with Crippen LogP contribution in [0.25, 0.3) is 11.3 Å². The van der Waals surface area contributed by atoms with Gasteiger partial charge in [0, 0.05) is 25.2 Å². The topological polar surface area (TPSA) is 54.8 Å². The van der Waals surface area contributed by atoms with Gasteiger partial charge in [-0.25, -0.2) is 4.98 Å². The molecule has 0 bridgehead atoms. The highest BCUT2D eigenvalue weighted by molar-refractivity contribution is 6.29. The predicted octanol–water partition coefficient (Wildman–Crippen LogP) is 3.63. The monoisotopic (exact) mass is 317 g/mol. The fourth-order valence-corrected chi connectivity index (χ4v) is 2.76. The molecule has 0 atom stereocenters. The average Bonchev–Trinajstić information content (AvgIpc) is 2.55. The summed E-state index contributed by atoms with van der Waals surface area (Å²) in [5.41, 5.74) is 3.07. The van der Waals surface area contributed by atoms with E-state index in [9.17, 15) is 4.91 Å². The second kappa shape index (κ2) is 6.96. The highest BCUT2D eigenvalue weighted by atomic mass is 35.5. The van der Waals surface area contributed by atoms with Crippen LogP contribution in [0.2, 0.25) is 5.15 Å². The van der Waals surface area contributed by atoms with Crippen LogP contribution in [0.4, 0.5) is 5.69 Å². The van der Waals surface area contributed by atoms with Crippen LogP contribution in [0.15, 0.2) is 41.6 Å². The molecule has 1 aliphatic heterocycles. The molecule has 0 unspecified atom stereocenters. The van der Waals surface area contributed by atoms with Gasteiger partial charge in [-0.1, -0.05) is 23.7 Å². The van der Waals surface area contributed by atoms with Crippen molar-refractivity contribution in [1.29, 1.82) is 0 Å². The van der Waals surface area contributed by atoms with E-state index < -0.39 is 0 Å². The molecule has 22 heavy (non-hydrogen) atoms. The van der Waals surface area contributed by atoms with Crippen LogP contribution in [0.3, 0.4) is 0 Å². The molecule has 2 aromatic rings. The van der Waals surface area contributed by atoms with E-state index in [4.69, 9.17) is 16.3 Å². The third kappa shape index (κ3) is 3.68. The van der Waals surface area contributed by atoms with Gasteiger partial charge in [-0.3, -0.25) is 4.90 Å². The van der Waals surface area contributed by atoms with Crippen molar-refractivity contribution < 1.29 is 4.74 Å². The van der Waals surface area contributed by atoms with E-state index >= 15 is 0 Å². The highest BCUT2D eigenvalue weighted by Crippen LogP contribution is 2.25. The predicted molar refractivity (Wildman–Crippen MR) is 86.2 cm³/mol. The summed E-state index contributed by atoms with van der Waals surface area (Å²) in [6.45, 7) is 4.17. The molecule has 1 aliphatic rings. The summed E-state index contributed by atoms with van der Waals surface area (Å²) in [5, 5.41) is 3.41. The van der Waals surface area contributed by atoms with Crippen molar-refractivity contribution in [3.63, 3.8) is 0 Å². The van der Waals surface area contributed by atoms with Crippen molar-refractivity contribution in [2.75, 3.05) is 26.3 Å². The zero-order valence-corrected chi connectivity index (χ0v) is 12.8. The number of morpholine rings is 1. The van der Waals surface area contributed by atoms with Gasteiger partial charge in [0.1, 0.15) is 10.8 Å². The van der Waals surface area contributed by atoms with Gasteiger partial charge in [-0.05, 0) is 35.0 Å². The Labute approximate surface area is 133 Å². The van der Waals surface area contributed by atoms with E-state index in [1.807, 2.05) is 18.2 Å². The van der Waals surface area contributed by atoms with Crippen LogP contribution in [-0.2, 0) is 11.3 Å². The standard InChI is InChI=1S/C16H16ClN3O2/c17-16-9-12(11-20-4-6-22-7-5-20)8-15(18-16)13-2-1-3-14(10-13)19-21/h1-3,8-10H,4-7,11H2. The minimum absolute atomic E-state index is 0.383. The van der Waals surface area contributed by atoms with E-state index in [1.54, 1.807) is 18.2 Å². The van der Waals surface area contributed by atoms with Crippen LogP contribution >= 0.6 is 11.6 Å². The van der Waals surface area contributed by atoms with Crippen molar-refractivity contribution in [2.45, 2.75) is 6.54 Å². The van der Waals surface area contributed by atoms with Gasteiger partial charge in [0.05, 0.1) is 18.9 Å². The van der Waals surface area contributed by atoms with Crippen molar-refractivity contribution in [1.82, 2.24) is 9.88 Å². The Morgan fingerprint density at radius 1 is 1.23 bits per heavy atom. The number of nitrogens with zero attached hydrogens (tertiary/aromatic N) is 3. The Hall–Kier alpha value is -1.82. The van der Waals surface area contributed by atoms with Crippen LogP contribution in [-0.4, -0.2) is 36.2 Å². The van der Waals surface area contributed by atoms with Crippen molar-refractivity contribution >= 4 is 17.3 Å². The molecular formula is C16H16ClN3O2. The van der Waals surface area contributed by atoms with Crippen LogP contribution in [0.1, 0.15) is 5.56 Å². The molecule has 0 amide bonds. The van der Waals surface area contributed by atoms with E-state index in [0.717, 1.165) is 49.7 Å². The molecule has 1 aromatic heterocycles. The molecule has 1 saturated heterocycles. The van der Waals surface area contributed by atoms with Gasteiger partial charge in [-0.15, -0.1) is 4.91 Å². The maximum Gasteiger partial charge on any atom is 0.130 e. The summed E-state index contributed by atoms with van der Waals surface area (Å²) < 4.78 is 5.36. The average molecular weight is 318 g/mol. The molecule has 114 valence electrons. The first-order valence-electron chi connectivity index (χ1n) is 7.15. The van der Waals surface area contributed by atoms with E-state index in [2.05, 4.69) is 15.1 Å². The quantitative estimate of drug-likeness (QED) is 0.638. The zero-order valence-electron chi connectivity index (χ0n) is 12.0. The Bertz CT molecular complexity index is 672. The molecule has 1 fully saturated rings. The largest absolute Gasteiger partial charge is 0.379 e. The summed E-state index contributed by atoms with van der Waals surface area (Å²) >= 11 is 6.15. The molecule has 0 radical (unpaired) electrons. The van der Waals surface area contributed by atoms with Gasteiger partial charge in [0.15, 0.2) is 0 Å². The first-order chi connectivity index (χ1) is 10.7. The molecule has 0 spiro atoms. The molecule has 1 aromatic carbocycles. The fraction of sp³-hybridized carbons (Fsp3) is 0.312. The van der Waals surface area contributed by atoms with Crippen LogP contribution < -0.4 is 0 Å². The second-order valence-corrected chi connectivity index (χ2v) is 5.60. The normalized spacial score (nSPS) is 15.7. The number of aromatic nitrogens is 1. The number of rotatable bonds is 4. The molecule has 3 rings (SSSR count). The maximum absolute atomic E-state index is 10.7. The van der Waals surface area contributed by atoms with Crippen molar-refractivity contribution in [3.05, 3.63) is 52.0 Å². The third-order valence-corrected chi connectivity index (χ3v) is 3.80. The Morgan fingerprint density at radius 2 is 2.05 bits per heavy atom. The van der Waals surface area contributed by atoms with Gasteiger partial charge in [0.25, 0.3) is 0 Å². The molecule has 6 heteroatoms. The third-order valence-electron chi connectivity index (χ3n) is 3.61. The molecular weight excluding hydrogens is 302 g/mol. The van der Waals surface area contributed by atoms with E-state index in [-0.39, 0.29) is 0 Å². The lowest BCUT2D eigenvalue weighted by Crippen LogP contribution is -2.35. The van der Waals surface area contributed by atoms with Crippen molar-refractivity contribution in [3.8, 4) is 11.3 Å². The molecule has 5 nitrogen and oxygen atoms in total. The first-order valence-corrected chi connectivity index (χ1v) is 7.53. The Morgan fingerprint density at radius 3 is 2.82 bits per heavy atom. The smallest absolute Gasteiger partial charge is 0.130 e. The molecule has 2 heterocycles. The molecule has 0 N–H and O–H groups in total. The van der Waals surface area contributed by atoms with E-state index in [1.165, 1.54) is 0 Å². The number of hydrogen-bond donors (Lipinski definition) is 0. The van der Waals surface area contributed by atoms with Gasteiger partial charge < -0.3 is 4.74 Å². The number of nitroso groups, excluding NO2 is 1. The number of halogens is 1. The minimum atomic E-state index is 0.383. The zero-order chi connectivity index (χ0) is 15.4. The summed E-state index contributed by atoms with van der Waals surface area (Å²) in [7, 11) is 0. The number of benzene rings is 1. The van der Waals surface area contributed by atoms with Gasteiger partial charge in [0.2, 0.25) is 0 Å². The number of ether oxygens (including phenoxy) is 1. The molecule has 0 aliphatic carbocycles. The number of hydrogen-bond acceptors (Lipinski definition) is 5. The lowest BCUT2D eigenvalue weighted by atomic mass is 10.1. The minimum Gasteiger partial charge on any atom is -0.379 e. The van der Waals surface area contributed by atoms with Gasteiger partial charge in [-0.2, -0.15) is 0 Å². The van der Waals surface area contributed by atoms with Gasteiger partial charge >= 0.3 is 0 Å². The van der Waals surface area contributed by atoms with Crippen molar-refractivity contribution in [2.24, 2.45) is 5.18 Å². The number of pyridine rings is 1. The lowest BCUT2D eigenvalue weighted by molar-refractivity contribution is 0.0342. The Balaban J connectivity index is 1.86. The van der Waals surface area contributed by atoms with E-state index in [0.29, 0.717) is 10.8 Å². The summed E-state index contributed by atoms with van der Waals surface area (Å²) in [4.78, 5) is 17.3. The molecule has 0 saturated carbocycles. The summed E-state index contributed by atoms with van der Waals surface area (Å²) in [6.07, 6.45) is 0. The summed E-state index contributed by atoms with van der Waals surface area (Å²) in [5.74, 6) is 0. The Kier molecular flexibility index (Phi) is 4.77. The maximum atomic E-state index is 10.7. The summed E-state index contributed by atoms with van der Waals surface area (Å²) in [6, 6.07) is 10.9. The SMILES string of the molecule is O=Nc1cccc(-c2cc(CN3CCOCC3)cc(Cl)n2)c1. The van der Waals surface area contributed by atoms with Crippen LogP contribution in [0, 0.1) is 4.91 Å². The second-order valence-electron chi connectivity index (χ2n) is 5.21. The van der Waals surface area contributed by atoms with Crippen LogP contribution in [0.5, 0.6) is 0 Å². The lowest BCUT2D eigenvalue weighted by Gasteiger charge is -2.26. The fourth-order valence-electron chi connectivity index (χ4n) is 2.53.